The first kappa shape index (κ1) is 22.7. The molecule has 0 bridgehead atoms. The van der Waals surface area contributed by atoms with Gasteiger partial charge in [-0.25, -0.2) is 8.42 Å². The number of carboxylic acid groups (broad SMARTS) is 1. The van der Waals surface area contributed by atoms with Gasteiger partial charge in [0, 0.05) is 41.5 Å². The summed E-state index contributed by atoms with van der Waals surface area (Å²) in [5.74, 6) is 1.52. The number of nitrogens with zero attached hydrogens (tertiary/aromatic N) is 1. The summed E-state index contributed by atoms with van der Waals surface area (Å²) in [7, 11) is -4.03. The predicted octanol–water partition coefficient (Wildman–Crippen LogP) is 3.62. The smallest absolute Gasteiger partial charge is 0.322 e. The van der Waals surface area contributed by atoms with E-state index in [0.29, 0.717) is 11.2 Å². The van der Waals surface area contributed by atoms with E-state index in [4.69, 9.17) is 4.42 Å². The fraction of sp³-hybridized carbons (Fsp3) is 0.348. The van der Waals surface area contributed by atoms with Crippen molar-refractivity contribution in [3.8, 4) is 12.0 Å². The van der Waals surface area contributed by atoms with E-state index in [-0.39, 0.29) is 4.90 Å². The van der Waals surface area contributed by atoms with Crippen molar-refractivity contribution in [2.24, 2.45) is 5.92 Å². The molecular formula is C23H26N2O5S. The fourth-order valence-corrected chi connectivity index (χ4v) is 4.59. The molecule has 1 atom stereocenters. The van der Waals surface area contributed by atoms with Crippen LogP contribution in [0.1, 0.15) is 33.3 Å². The molecule has 8 heteroatoms. The van der Waals surface area contributed by atoms with Gasteiger partial charge in [-0.1, -0.05) is 13.8 Å². The predicted molar refractivity (Wildman–Crippen MR) is 120 cm³/mol. The third-order valence-corrected chi connectivity index (χ3v) is 6.53. The van der Waals surface area contributed by atoms with Gasteiger partial charge in [0.1, 0.15) is 17.2 Å². The van der Waals surface area contributed by atoms with Crippen molar-refractivity contribution < 1.29 is 22.7 Å². The van der Waals surface area contributed by atoms with Crippen molar-refractivity contribution in [2.45, 2.75) is 38.6 Å². The number of rotatable bonds is 7. The summed E-state index contributed by atoms with van der Waals surface area (Å²) < 4.78 is 33.6. The minimum Gasteiger partial charge on any atom is -0.480 e. The number of fused-ring (bicyclic) bond motifs is 3. The van der Waals surface area contributed by atoms with E-state index >= 15 is 0 Å². The molecule has 0 radical (unpaired) electrons. The monoisotopic (exact) mass is 442 g/mol. The highest BCUT2D eigenvalue weighted by atomic mass is 32.2. The zero-order chi connectivity index (χ0) is 22.8. The molecule has 3 aromatic rings. The Balaban J connectivity index is 1.99. The number of aliphatic carboxylic acids is 1. The normalized spacial score (nSPS) is 12.7. The van der Waals surface area contributed by atoms with Crippen LogP contribution in [0.25, 0.3) is 21.9 Å². The molecule has 1 aromatic heterocycles. The highest BCUT2D eigenvalue weighted by Crippen LogP contribution is 2.31. The highest BCUT2D eigenvalue weighted by molar-refractivity contribution is 7.89. The Morgan fingerprint density at radius 2 is 1.81 bits per heavy atom. The number of furan rings is 1. The minimum absolute atomic E-state index is 0.0486. The van der Waals surface area contributed by atoms with E-state index in [2.05, 4.69) is 16.7 Å². The molecule has 2 aromatic carbocycles. The van der Waals surface area contributed by atoms with Crippen LogP contribution < -0.4 is 4.72 Å². The van der Waals surface area contributed by atoms with Crippen LogP contribution in [-0.4, -0.2) is 43.5 Å². The topological polar surface area (TPSA) is 99.9 Å². The van der Waals surface area contributed by atoms with Gasteiger partial charge >= 0.3 is 5.97 Å². The quantitative estimate of drug-likeness (QED) is 0.428. The maximum atomic E-state index is 12.7. The molecule has 1 heterocycles. The molecule has 0 unspecified atom stereocenters. The minimum atomic E-state index is -4.03. The van der Waals surface area contributed by atoms with E-state index < -0.39 is 28.0 Å². The summed E-state index contributed by atoms with van der Waals surface area (Å²) in [5.41, 5.74) is 1.86. The summed E-state index contributed by atoms with van der Waals surface area (Å²) in [6.07, 6.45) is 0. The first-order valence-corrected chi connectivity index (χ1v) is 11.6. The summed E-state index contributed by atoms with van der Waals surface area (Å²) in [4.78, 5) is 13.3. The summed E-state index contributed by atoms with van der Waals surface area (Å²) in [5, 5.41) is 10.9. The van der Waals surface area contributed by atoms with Crippen LogP contribution in [0.5, 0.6) is 0 Å². The largest absolute Gasteiger partial charge is 0.480 e. The van der Waals surface area contributed by atoms with Gasteiger partial charge in [-0.3, -0.25) is 4.79 Å². The highest BCUT2D eigenvalue weighted by Gasteiger charge is 2.28. The van der Waals surface area contributed by atoms with Gasteiger partial charge in [0.15, 0.2) is 0 Å². The summed E-state index contributed by atoms with van der Waals surface area (Å²) in [6, 6.07) is 12.0. The average Bonchev–Trinajstić information content (AvgIpc) is 3.09. The molecule has 0 aliphatic carbocycles. The molecule has 0 saturated heterocycles. The number of nitrogens with one attached hydrogen (secondary N) is 1. The summed E-state index contributed by atoms with van der Waals surface area (Å²) in [6.45, 7) is 9.06. The number of hydrogen-bond acceptors (Lipinski definition) is 5. The molecule has 2 N–H and O–H groups in total. The molecule has 0 aliphatic rings. The third kappa shape index (κ3) is 4.84. The first-order chi connectivity index (χ1) is 14.7. The van der Waals surface area contributed by atoms with Crippen molar-refractivity contribution in [3.05, 3.63) is 42.0 Å². The van der Waals surface area contributed by atoms with E-state index in [0.717, 1.165) is 29.4 Å². The molecule has 0 fully saturated rings. The number of sulfonamides is 1. The van der Waals surface area contributed by atoms with Gasteiger partial charge < -0.3 is 14.4 Å². The second-order valence-electron chi connectivity index (χ2n) is 7.56. The Morgan fingerprint density at radius 3 is 2.42 bits per heavy atom. The van der Waals surface area contributed by atoms with E-state index in [1.54, 1.807) is 19.9 Å². The van der Waals surface area contributed by atoms with Crippen LogP contribution in [-0.2, 0) is 14.8 Å². The molecule has 31 heavy (non-hydrogen) atoms. The van der Waals surface area contributed by atoms with Crippen LogP contribution in [0.15, 0.2) is 45.7 Å². The molecule has 0 amide bonds. The van der Waals surface area contributed by atoms with Crippen LogP contribution in [0.4, 0.5) is 0 Å². The van der Waals surface area contributed by atoms with Gasteiger partial charge in [0.25, 0.3) is 0 Å². The zero-order valence-corrected chi connectivity index (χ0v) is 18.8. The maximum absolute atomic E-state index is 12.7. The standard InChI is InChI=1S/C23H26N2O5S/c1-5-25(6-2)12-11-16-7-10-20-19(13-16)18-9-8-17(14-21(18)30-20)31(28,29)24-22(15(3)4)23(26)27/h7-10,13-15,22,24H,5-6H2,1-4H3,(H,26,27)/t22-/m0/s1. The molecule has 0 aliphatic heterocycles. The molecule has 0 saturated carbocycles. The van der Waals surface area contributed by atoms with E-state index in [1.165, 1.54) is 12.1 Å². The van der Waals surface area contributed by atoms with Gasteiger partial charge in [0.2, 0.25) is 10.0 Å². The Hall–Kier alpha value is -3.02. The summed E-state index contributed by atoms with van der Waals surface area (Å²) >= 11 is 0. The second-order valence-corrected chi connectivity index (χ2v) is 9.28. The Morgan fingerprint density at radius 1 is 1.10 bits per heavy atom. The van der Waals surface area contributed by atoms with Gasteiger partial charge in [-0.15, -0.1) is 0 Å². The Bertz CT molecular complexity index is 1280. The maximum Gasteiger partial charge on any atom is 0.322 e. The van der Waals surface area contributed by atoms with Crippen molar-refractivity contribution in [2.75, 3.05) is 13.1 Å². The van der Waals surface area contributed by atoms with E-state index in [9.17, 15) is 18.3 Å². The lowest BCUT2D eigenvalue weighted by molar-refractivity contribution is -0.140. The molecule has 164 valence electrons. The Labute approximate surface area is 182 Å². The number of benzene rings is 2. The lowest BCUT2D eigenvalue weighted by Gasteiger charge is -2.17. The Kier molecular flexibility index (Phi) is 6.58. The van der Waals surface area contributed by atoms with Crippen molar-refractivity contribution >= 4 is 37.9 Å². The number of carbonyl (C=O) groups is 1. The molecular weight excluding hydrogens is 416 g/mol. The van der Waals surface area contributed by atoms with Crippen LogP contribution in [0.2, 0.25) is 0 Å². The third-order valence-electron chi connectivity index (χ3n) is 5.09. The number of hydrogen-bond donors (Lipinski definition) is 2. The SMILES string of the molecule is CCN(C#Cc1ccc2oc3cc(S(=O)(=O)N[C@H](C(=O)O)C(C)C)ccc3c2c1)CC. The molecule has 0 spiro atoms. The van der Waals surface area contributed by atoms with Crippen LogP contribution in [0, 0.1) is 17.9 Å². The van der Waals surface area contributed by atoms with Crippen molar-refractivity contribution in [1.29, 1.82) is 0 Å². The van der Waals surface area contributed by atoms with Crippen molar-refractivity contribution in [1.82, 2.24) is 9.62 Å². The fourth-order valence-electron chi connectivity index (χ4n) is 3.23. The van der Waals surface area contributed by atoms with Crippen LogP contribution in [0.3, 0.4) is 0 Å². The lowest BCUT2D eigenvalue weighted by Crippen LogP contribution is -2.44. The van der Waals surface area contributed by atoms with Crippen LogP contribution >= 0.6 is 0 Å². The number of carboxylic acids is 1. The van der Waals surface area contributed by atoms with Gasteiger partial charge in [0.05, 0.1) is 4.90 Å². The lowest BCUT2D eigenvalue weighted by atomic mass is 10.1. The van der Waals surface area contributed by atoms with Gasteiger partial charge in [-0.05, 0) is 56.0 Å². The molecule has 7 nitrogen and oxygen atoms in total. The van der Waals surface area contributed by atoms with E-state index in [1.807, 2.05) is 36.9 Å². The average molecular weight is 443 g/mol. The second kappa shape index (κ2) is 9.00. The van der Waals surface area contributed by atoms with Crippen molar-refractivity contribution in [3.63, 3.8) is 0 Å². The first-order valence-electron chi connectivity index (χ1n) is 10.1. The zero-order valence-electron chi connectivity index (χ0n) is 18.0. The van der Waals surface area contributed by atoms with Gasteiger partial charge in [-0.2, -0.15) is 4.72 Å². The molecule has 3 rings (SSSR count).